The molecule has 1 aromatic carbocycles. The highest BCUT2D eigenvalue weighted by Gasteiger charge is 2.10. The zero-order valence-corrected chi connectivity index (χ0v) is 12.5. The molecule has 0 aliphatic heterocycles. The van der Waals surface area contributed by atoms with Gasteiger partial charge in [-0.25, -0.2) is 9.48 Å². The molecule has 2 rings (SSSR count). The maximum absolute atomic E-state index is 11.7. The van der Waals surface area contributed by atoms with E-state index in [-0.39, 0.29) is 13.3 Å². The normalized spacial score (nSPS) is 10.3. The fourth-order valence-electron chi connectivity index (χ4n) is 1.57. The minimum atomic E-state index is -0.543. The monoisotopic (exact) mass is 339 g/mol. The molecular weight excluding hydrogens is 326 g/mol. The molecule has 0 bridgehead atoms. The maximum atomic E-state index is 11.7. The van der Waals surface area contributed by atoms with Crippen molar-refractivity contribution in [1.82, 2.24) is 9.78 Å². The van der Waals surface area contributed by atoms with Crippen LogP contribution in [0.15, 0.2) is 41.0 Å². The van der Waals surface area contributed by atoms with Gasteiger partial charge in [-0.15, -0.1) is 0 Å². The Morgan fingerprint density at radius 3 is 2.85 bits per heavy atom. The predicted molar refractivity (Wildman–Crippen MR) is 77.2 cm³/mol. The Kier molecular flexibility index (Phi) is 5.14. The number of nitrogens with one attached hydrogen (secondary N) is 1. The van der Waals surface area contributed by atoms with Gasteiger partial charge in [0.1, 0.15) is 23.8 Å². The van der Waals surface area contributed by atoms with Crippen molar-refractivity contribution in [2.24, 2.45) is 0 Å². The zero-order chi connectivity index (χ0) is 14.4. The minimum absolute atomic E-state index is 0.215. The van der Waals surface area contributed by atoms with Crippen molar-refractivity contribution in [2.75, 3.05) is 12.4 Å². The van der Waals surface area contributed by atoms with Crippen molar-refractivity contribution in [3.05, 3.63) is 46.6 Å². The second-order valence-corrected chi connectivity index (χ2v) is 4.77. The molecule has 1 heterocycles. The first-order valence-electron chi connectivity index (χ1n) is 5.89. The summed E-state index contributed by atoms with van der Waals surface area (Å²) in [7, 11) is 1.55. The molecule has 106 valence electrons. The Morgan fingerprint density at radius 1 is 1.40 bits per heavy atom. The van der Waals surface area contributed by atoms with E-state index in [0.717, 1.165) is 5.56 Å². The van der Waals surface area contributed by atoms with Crippen LogP contribution in [0.5, 0.6) is 0 Å². The summed E-state index contributed by atoms with van der Waals surface area (Å²) in [5.74, 6) is 0.497. The average Bonchev–Trinajstić information content (AvgIpc) is 2.78. The largest absolute Gasteiger partial charge is 0.444 e. The first kappa shape index (κ1) is 14.5. The highest BCUT2D eigenvalue weighted by Crippen LogP contribution is 2.16. The van der Waals surface area contributed by atoms with Gasteiger partial charge in [0.2, 0.25) is 0 Å². The fourth-order valence-corrected chi connectivity index (χ4v) is 1.98. The Labute approximate surface area is 124 Å². The SMILES string of the molecule is COCn1nc(Br)cc1NC(=O)OCc1ccccc1. The van der Waals surface area contributed by atoms with Crippen molar-refractivity contribution in [2.45, 2.75) is 13.3 Å². The Balaban J connectivity index is 1.91. The van der Waals surface area contributed by atoms with Crippen LogP contribution in [0.4, 0.5) is 10.6 Å². The predicted octanol–water partition coefficient (Wildman–Crippen LogP) is 3.00. The van der Waals surface area contributed by atoms with Crippen molar-refractivity contribution in [3.8, 4) is 0 Å². The molecular formula is C13H14BrN3O3. The van der Waals surface area contributed by atoms with Gasteiger partial charge in [0.15, 0.2) is 0 Å². The van der Waals surface area contributed by atoms with Crippen molar-refractivity contribution in [1.29, 1.82) is 0 Å². The van der Waals surface area contributed by atoms with Crippen molar-refractivity contribution >= 4 is 27.8 Å². The molecule has 0 aliphatic rings. The Bertz CT molecular complexity index is 571. The lowest BCUT2D eigenvalue weighted by Crippen LogP contribution is -2.17. The molecule has 0 unspecified atom stereocenters. The summed E-state index contributed by atoms with van der Waals surface area (Å²) in [6.45, 7) is 0.451. The van der Waals surface area contributed by atoms with E-state index < -0.39 is 6.09 Å². The van der Waals surface area contributed by atoms with Crippen LogP contribution < -0.4 is 5.32 Å². The summed E-state index contributed by atoms with van der Waals surface area (Å²) in [4.78, 5) is 11.7. The number of hydrogen-bond donors (Lipinski definition) is 1. The number of carbonyl (C=O) groups excluding carboxylic acids is 1. The molecule has 0 saturated carbocycles. The average molecular weight is 340 g/mol. The van der Waals surface area contributed by atoms with Gasteiger partial charge in [0.05, 0.1) is 0 Å². The second-order valence-electron chi connectivity index (χ2n) is 3.96. The smallest absolute Gasteiger partial charge is 0.413 e. The van der Waals surface area contributed by atoms with Gasteiger partial charge in [-0.1, -0.05) is 30.3 Å². The zero-order valence-electron chi connectivity index (χ0n) is 10.9. The third-order valence-corrected chi connectivity index (χ3v) is 2.83. The molecule has 0 saturated heterocycles. The van der Waals surface area contributed by atoms with Crippen LogP contribution in [0.25, 0.3) is 0 Å². The second kappa shape index (κ2) is 7.06. The van der Waals surface area contributed by atoms with Crippen LogP contribution in [0.2, 0.25) is 0 Å². The van der Waals surface area contributed by atoms with E-state index in [0.29, 0.717) is 10.4 Å². The lowest BCUT2D eigenvalue weighted by molar-refractivity contribution is 0.121. The first-order valence-corrected chi connectivity index (χ1v) is 6.68. The van der Waals surface area contributed by atoms with Gasteiger partial charge in [-0.3, -0.25) is 5.32 Å². The molecule has 0 aliphatic carbocycles. The number of carbonyl (C=O) groups is 1. The quantitative estimate of drug-likeness (QED) is 0.909. The van der Waals surface area contributed by atoms with Gasteiger partial charge < -0.3 is 9.47 Å². The van der Waals surface area contributed by atoms with E-state index in [1.165, 1.54) is 4.68 Å². The number of methoxy groups -OCH3 is 1. The molecule has 0 fully saturated rings. The number of amides is 1. The number of rotatable bonds is 5. The number of nitrogens with zero attached hydrogens (tertiary/aromatic N) is 2. The molecule has 0 atom stereocenters. The standard InChI is InChI=1S/C13H14BrN3O3/c1-19-9-17-12(7-11(14)16-17)15-13(18)20-8-10-5-3-2-4-6-10/h2-7H,8-9H2,1H3,(H,15,18). The summed E-state index contributed by atoms with van der Waals surface area (Å²) in [5, 5.41) is 6.73. The van der Waals surface area contributed by atoms with Crippen LogP contribution in [-0.4, -0.2) is 23.0 Å². The lowest BCUT2D eigenvalue weighted by atomic mass is 10.2. The molecule has 7 heteroatoms. The van der Waals surface area contributed by atoms with E-state index in [4.69, 9.17) is 9.47 Å². The minimum Gasteiger partial charge on any atom is -0.444 e. The molecule has 1 aromatic heterocycles. The topological polar surface area (TPSA) is 65.4 Å². The van der Waals surface area contributed by atoms with Crippen LogP contribution in [0.3, 0.4) is 0 Å². The van der Waals surface area contributed by atoms with Crippen molar-refractivity contribution in [3.63, 3.8) is 0 Å². The summed E-state index contributed by atoms with van der Waals surface area (Å²) in [5.41, 5.74) is 0.925. The third-order valence-electron chi connectivity index (χ3n) is 2.44. The first-order chi connectivity index (χ1) is 9.69. The third kappa shape index (κ3) is 4.07. The highest BCUT2D eigenvalue weighted by atomic mass is 79.9. The van der Waals surface area contributed by atoms with Crippen LogP contribution in [0, 0.1) is 0 Å². The maximum Gasteiger partial charge on any atom is 0.413 e. The van der Waals surface area contributed by atoms with Gasteiger partial charge in [-0.05, 0) is 21.5 Å². The molecule has 20 heavy (non-hydrogen) atoms. The number of aromatic nitrogens is 2. The van der Waals surface area contributed by atoms with E-state index in [2.05, 4.69) is 26.3 Å². The van der Waals surface area contributed by atoms with Crippen LogP contribution >= 0.6 is 15.9 Å². The van der Waals surface area contributed by atoms with Crippen molar-refractivity contribution < 1.29 is 14.3 Å². The molecule has 1 amide bonds. The molecule has 2 aromatic rings. The summed E-state index contributed by atoms with van der Waals surface area (Å²) >= 11 is 3.24. The van der Waals surface area contributed by atoms with Gasteiger partial charge >= 0.3 is 6.09 Å². The van der Waals surface area contributed by atoms with E-state index >= 15 is 0 Å². The van der Waals surface area contributed by atoms with Gasteiger partial charge in [-0.2, -0.15) is 5.10 Å². The summed E-state index contributed by atoms with van der Waals surface area (Å²) < 4.78 is 12.2. The molecule has 0 spiro atoms. The summed E-state index contributed by atoms with van der Waals surface area (Å²) in [6.07, 6.45) is -0.543. The Morgan fingerprint density at radius 2 is 2.15 bits per heavy atom. The van der Waals surface area contributed by atoms with Crippen LogP contribution in [-0.2, 0) is 22.8 Å². The van der Waals surface area contributed by atoms with E-state index in [9.17, 15) is 4.79 Å². The van der Waals surface area contributed by atoms with Crippen LogP contribution in [0.1, 0.15) is 5.56 Å². The number of anilines is 1. The van der Waals surface area contributed by atoms with E-state index in [1.807, 2.05) is 30.3 Å². The number of ether oxygens (including phenoxy) is 2. The van der Waals surface area contributed by atoms with E-state index in [1.54, 1.807) is 13.2 Å². The lowest BCUT2D eigenvalue weighted by Gasteiger charge is -2.08. The van der Waals surface area contributed by atoms with Gasteiger partial charge in [0.25, 0.3) is 0 Å². The number of halogens is 1. The fraction of sp³-hybridized carbons (Fsp3) is 0.231. The molecule has 0 radical (unpaired) electrons. The molecule has 1 N–H and O–H groups in total. The molecule has 6 nitrogen and oxygen atoms in total. The highest BCUT2D eigenvalue weighted by molar-refractivity contribution is 9.10. The Hall–Kier alpha value is -1.86. The van der Waals surface area contributed by atoms with Gasteiger partial charge in [0, 0.05) is 13.2 Å². The number of hydrogen-bond acceptors (Lipinski definition) is 4. The summed E-state index contributed by atoms with van der Waals surface area (Å²) in [6, 6.07) is 11.1. The number of benzene rings is 1.